The lowest BCUT2D eigenvalue weighted by atomic mass is 9.98. The molecule has 166 valence electrons. The van der Waals surface area contributed by atoms with Crippen molar-refractivity contribution >= 4 is 32.8 Å². The molecule has 6 heteroatoms. The minimum Gasteiger partial charge on any atom is -0.339 e. The average Bonchev–Trinajstić information content (AvgIpc) is 2.82. The number of carbonyl (C=O) groups excluding carboxylic acids is 1. The van der Waals surface area contributed by atoms with Crippen molar-refractivity contribution in [3.8, 4) is 0 Å². The molecule has 1 N–H and O–H groups in total. The molecule has 0 spiro atoms. The van der Waals surface area contributed by atoms with Crippen molar-refractivity contribution in [3.63, 3.8) is 0 Å². The SMILES string of the molecule is Cc1ccc(S(=O)(=O)NC[C@@H]2CCCN(C(=O)/C=C\c3cccc4ccccc34)C2)cc1. The number of piperidine rings is 1. The number of fused-ring (bicyclic) bond motifs is 1. The molecule has 0 saturated carbocycles. The Balaban J connectivity index is 1.37. The summed E-state index contributed by atoms with van der Waals surface area (Å²) < 4.78 is 27.8. The minimum atomic E-state index is -3.55. The van der Waals surface area contributed by atoms with Gasteiger partial charge in [0.15, 0.2) is 0 Å². The highest BCUT2D eigenvalue weighted by atomic mass is 32.2. The molecule has 1 fully saturated rings. The van der Waals surface area contributed by atoms with Crippen LogP contribution in [0.15, 0.2) is 77.7 Å². The van der Waals surface area contributed by atoms with Gasteiger partial charge in [-0.1, -0.05) is 60.2 Å². The third-order valence-electron chi connectivity index (χ3n) is 5.95. The van der Waals surface area contributed by atoms with Crippen molar-refractivity contribution in [2.75, 3.05) is 19.6 Å². The predicted molar refractivity (Wildman–Crippen MR) is 129 cm³/mol. The number of benzene rings is 3. The van der Waals surface area contributed by atoms with Gasteiger partial charge in [-0.2, -0.15) is 0 Å². The summed E-state index contributed by atoms with van der Waals surface area (Å²) in [6.45, 7) is 3.49. The normalized spacial score (nSPS) is 17.2. The molecule has 1 atom stereocenters. The average molecular weight is 449 g/mol. The molecular formula is C26H28N2O3S. The summed E-state index contributed by atoms with van der Waals surface area (Å²) in [7, 11) is -3.55. The van der Waals surface area contributed by atoms with E-state index < -0.39 is 10.0 Å². The number of nitrogens with one attached hydrogen (secondary N) is 1. The molecule has 4 rings (SSSR count). The zero-order chi connectivity index (χ0) is 22.6. The highest BCUT2D eigenvalue weighted by molar-refractivity contribution is 7.89. The smallest absolute Gasteiger partial charge is 0.246 e. The third kappa shape index (κ3) is 5.26. The number of hydrogen-bond acceptors (Lipinski definition) is 3. The number of hydrogen-bond donors (Lipinski definition) is 1. The molecule has 0 aromatic heterocycles. The molecule has 1 aliphatic rings. The van der Waals surface area contributed by atoms with Gasteiger partial charge < -0.3 is 4.90 Å². The Kier molecular flexibility index (Phi) is 6.72. The molecule has 0 unspecified atom stereocenters. The third-order valence-corrected chi connectivity index (χ3v) is 7.39. The lowest BCUT2D eigenvalue weighted by Gasteiger charge is -2.32. The molecule has 1 amide bonds. The summed E-state index contributed by atoms with van der Waals surface area (Å²) in [5, 5.41) is 2.25. The van der Waals surface area contributed by atoms with E-state index in [4.69, 9.17) is 0 Å². The van der Waals surface area contributed by atoms with E-state index in [1.807, 2.05) is 42.2 Å². The lowest BCUT2D eigenvalue weighted by molar-refractivity contribution is -0.127. The molecule has 32 heavy (non-hydrogen) atoms. The first-order valence-corrected chi connectivity index (χ1v) is 12.4. The van der Waals surface area contributed by atoms with Gasteiger partial charge in [0.05, 0.1) is 4.90 Å². The van der Waals surface area contributed by atoms with E-state index in [-0.39, 0.29) is 16.7 Å². The highest BCUT2D eigenvalue weighted by Gasteiger charge is 2.24. The largest absolute Gasteiger partial charge is 0.339 e. The van der Waals surface area contributed by atoms with Gasteiger partial charge in [-0.15, -0.1) is 0 Å². The maximum atomic E-state index is 12.8. The molecule has 0 aliphatic carbocycles. The van der Waals surface area contributed by atoms with E-state index in [0.717, 1.165) is 34.7 Å². The van der Waals surface area contributed by atoms with Crippen LogP contribution in [0.3, 0.4) is 0 Å². The predicted octanol–water partition coefficient (Wildman–Crippen LogP) is 4.38. The molecule has 3 aromatic carbocycles. The quantitative estimate of drug-likeness (QED) is 0.569. The first kappa shape index (κ1) is 22.2. The topological polar surface area (TPSA) is 66.5 Å². The van der Waals surface area contributed by atoms with Crippen LogP contribution in [0.25, 0.3) is 16.8 Å². The first-order chi connectivity index (χ1) is 15.4. The Bertz CT molecular complexity index is 1230. The van der Waals surface area contributed by atoms with Crippen LogP contribution >= 0.6 is 0 Å². The molecule has 5 nitrogen and oxygen atoms in total. The van der Waals surface area contributed by atoms with Crippen LogP contribution in [0.5, 0.6) is 0 Å². The van der Waals surface area contributed by atoms with E-state index in [1.165, 1.54) is 0 Å². The molecule has 1 saturated heterocycles. The van der Waals surface area contributed by atoms with Crippen molar-refractivity contribution in [2.24, 2.45) is 5.92 Å². The zero-order valence-electron chi connectivity index (χ0n) is 18.2. The Morgan fingerprint density at radius 3 is 2.62 bits per heavy atom. The van der Waals surface area contributed by atoms with Gasteiger partial charge in [0.2, 0.25) is 15.9 Å². The summed E-state index contributed by atoms with van der Waals surface area (Å²) in [4.78, 5) is 14.9. The summed E-state index contributed by atoms with van der Waals surface area (Å²) in [5.74, 6) is 0.0582. The first-order valence-electron chi connectivity index (χ1n) is 10.9. The van der Waals surface area contributed by atoms with Crippen molar-refractivity contribution < 1.29 is 13.2 Å². The lowest BCUT2D eigenvalue weighted by Crippen LogP contribution is -2.43. The fraction of sp³-hybridized carbons (Fsp3) is 0.269. The van der Waals surface area contributed by atoms with Gasteiger partial charge in [-0.25, -0.2) is 13.1 Å². The molecule has 1 aliphatic heterocycles. The van der Waals surface area contributed by atoms with Crippen LogP contribution in [0, 0.1) is 12.8 Å². The van der Waals surface area contributed by atoms with Gasteiger partial charge in [0.25, 0.3) is 0 Å². The van der Waals surface area contributed by atoms with Gasteiger partial charge >= 0.3 is 0 Å². The van der Waals surface area contributed by atoms with Crippen molar-refractivity contribution in [1.29, 1.82) is 0 Å². The van der Waals surface area contributed by atoms with Gasteiger partial charge in [0, 0.05) is 25.7 Å². The fourth-order valence-electron chi connectivity index (χ4n) is 4.12. The van der Waals surface area contributed by atoms with Crippen molar-refractivity contribution in [3.05, 3.63) is 83.9 Å². The van der Waals surface area contributed by atoms with E-state index in [0.29, 0.717) is 19.6 Å². The summed E-state index contributed by atoms with van der Waals surface area (Å²) in [6.07, 6.45) is 5.26. The summed E-state index contributed by atoms with van der Waals surface area (Å²) in [6, 6.07) is 21.0. The number of aryl methyl sites for hydroxylation is 1. The van der Waals surface area contributed by atoms with E-state index in [9.17, 15) is 13.2 Å². The Hall–Kier alpha value is -2.96. The molecule has 0 bridgehead atoms. The Labute approximate surface area is 189 Å². The van der Waals surface area contributed by atoms with E-state index >= 15 is 0 Å². The van der Waals surface area contributed by atoms with Crippen LogP contribution < -0.4 is 4.72 Å². The van der Waals surface area contributed by atoms with E-state index in [2.05, 4.69) is 22.9 Å². The van der Waals surface area contributed by atoms with E-state index in [1.54, 1.807) is 30.3 Å². The molecule has 1 heterocycles. The second kappa shape index (κ2) is 9.67. The van der Waals surface area contributed by atoms with Gasteiger partial charge in [0.1, 0.15) is 0 Å². The molecule has 3 aromatic rings. The second-order valence-electron chi connectivity index (χ2n) is 8.36. The monoisotopic (exact) mass is 448 g/mol. The summed E-state index contributed by atoms with van der Waals surface area (Å²) >= 11 is 0. The Morgan fingerprint density at radius 2 is 1.81 bits per heavy atom. The van der Waals surface area contributed by atoms with Gasteiger partial charge in [-0.3, -0.25) is 4.79 Å². The number of rotatable bonds is 6. The Morgan fingerprint density at radius 1 is 1.06 bits per heavy atom. The van der Waals surface area contributed by atoms with Crippen LogP contribution in [-0.4, -0.2) is 38.9 Å². The molecule has 0 radical (unpaired) electrons. The zero-order valence-corrected chi connectivity index (χ0v) is 19.0. The minimum absolute atomic E-state index is 0.0379. The van der Waals surface area contributed by atoms with Crippen LogP contribution in [-0.2, 0) is 14.8 Å². The highest BCUT2D eigenvalue weighted by Crippen LogP contribution is 2.21. The maximum Gasteiger partial charge on any atom is 0.246 e. The maximum absolute atomic E-state index is 12.8. The standard InChI is InChI=1S/C26H28N2O3S/c1-20-11-14-24(15-12-20)32(30,31)27-18-21-6-5-17-28(19-21)26(29)16-13-23-9-4-8-22-7-2-3-10-25(22)23/h2-4,7-16,21,27H,5-6,17-19H2,1H3/b16-13-/t21-/m0/s1. The number of amides is 1. The molecular weight excluding hydrogens is 420 g/mol. The number of likely N-dealkylation sites (tertiary alicyclic amines) is 1. The number of nitrogens with zero attached hydrogens (tertiary/aromatic N) is 1. The van der Waals surface area contributed by atoms with Crippen molar-refractivity contribution in [2.45, 2.75) is 24.7 Å². The number of carbonyl (C=O) groups is 1. The number of sulfonamides is 1. The second-order valence-corrected chi connectivity index (χ2v) is 10.1. The van der Waals surface area contributed by atoms with Crippen molar-refractivity contribution in [1.82, 2.24) is 9.62 Å². The van der Waals surface area contributed by atoms with Crippen LogP contribution in [0.4, 0.5) is 0 Å². The van der Waals surface area contributed by atoms with Crippen LogP contribution in [0.1, 0.15) is 24.0 Å². The van der Waals surface area contributed by atoms with Gasteiger partial charge in [-0.05, 0) is 60.2 Å². The van der Waals surface area contributed by atoms with Crippen LogP contribution in [0.2, 0.25) is 0 Å². The summed E-state index contributed by atoms with van der Waals surface area (Å²) in [5.41, 5.74) is 2.03. The fourth-order valence-corrected chi connectivity index (χ4v) is 5.24.